The molecule has 1 aromatic rings. The summed E-state index contributed by atoms with van der Waals surface area (Å²) in [6, 6.07) is 2.38. The van der Waals surface area contributed by atoms with E-state index in [0.29, 0.717) is 0 Å². The lowest BCUT2D eigenvalue weighted by molar-refractivity contribution is 0.143. The van der Waals surface area contributed by atoms with Crippen LogP contribution in [-0.2, 0) is 6.54 Å². The molecule has 0 saturated carbocycles. The number of pyridine rings is 1. The van der Waals surface area contributed by atoms with E-state index in [1.807, 2.05) is 0 Å². The van der Waals surface area contributed by atoms with Gasteiger partial charge in [-0.05, 0) is 0 Å². The maximum Gasteiger partial charge on any atom is 0.280 e. The summed E-state index contributed by atoms with van der Waals surface area (Å²) in [5.41, 5.74) is 4.10. The molecule has 0 radical (unpaired) electrons. The molecule has 1 rings (SSSR count). The lowest BCUT2D eigenvalue weighted by Crippen LogP contribution is -2.08. The third-order valence-corrected chi connectivity index (χ3v) is 1.66. The summed E-state index contributed by atoms with van der Waals surface area (Å²) in [5, 5.41) is 8.54. The van der Waals surface area contributed by atoms with Gasteiger partial charge >= 0.3 is 0 Å². The van der Waals surface area contributed by atoms with Gasteiger partial charge in [-0.1, -0.05) is 0 Å². The van der Waals surface area contributed by atoms with Gasteiger partial charge in [-0.25, -0.2) is 13.8 Å². The SMILES string of the molecule is N#Cc1cc(F)nc(C(F)F)c1CN. The van der Waals surface area contributed by atoms with Crippen LogP contribution >= 0.6 is 0 Å². The zero-order valence-corrected chi connectivity index (χ0v) is 6.97. The summed E-state index contributed by atoms with van der Waals surface area (Å²) >= 11 is 0. The highest BCUT2D eigenvalue weighted by Gasteiger charge is 2.18. The molecule has 0 atom stereocenters. The fourth-order valence-electron chi connectivity index (χ4n) is 1.05. The summed E-state index contributed by atoms with van der Waals surface area (Å²) in [6.07, 6.45) is -2.93. The third kappa shape index (κ3) is 1.83. The van der Waals surface area contributed by atoms with E-state index in [-0.39, 0.29) is 17.7 Å². The highest BCUT2D eigenvalue weighted by Crippen LogP contribution is 2.23. The molecule has 0 bridgehead atoms. The first-order chi connectivity index (χ1) is 6.60. The maximum atomic E-state index is 12.7. The van der Waals surface area contributed by atoms with Crippen molar-refractivity contribution in [3.05, 3.63) is 28.8 Å². The van der Waals surface area contributed by atoms with Crippen LogP contribution in [0.3, 0.4) is 0 Å². The Bertz CT molecular complexity index is 384. The Balaban J connectivity index is 3.41. The summed E-state index contributed by atoms with van der Waals surface area (Å²) in [5.74, 6) is -1.10. The minimum absolute atomic E-state index is 0.107. The Hall–Kier alpha value is -1.61. The second-order valence-corrected chi connectivity index (χ2v) is 2.47. The van der Waals surface area contributed by atoms with Gasteiger partial charge in [-0.15, -0.1) is 0 Å². The van der Waals surface area contributed by atoms with E-state index in [1.165, 1.54) is 0 Å². The molecule has 0 fully saturated rings. The van der Waals surface area contributed by atoms with Crippen molar-refractivity contribution in [2.45, 2.75) is 13.0 Å². The molecule has 0 saturated heterocycles. The monoisotopic (exact) mass is 201 g/mol. The normalized spacial score (nSPS) is 10.3. The van der Waals surface area contributed by atoms with Crippen LogP contribution < -0.4 is 5.73 Å². The molecule has 0 aliphatic rings. The van der Waals surface area contributed by atoms with Gasteiger partial charge in [-0.2, -0.15) is 9.65 Å². The highest BCUT2D eigenvalue weighted by molar-refractivity contribution is 5.40. The Labute approximate surface area is 78.0 Å². The first-order valence-electron chi connectivity index (χ1n) is 3.67. The number of alkyl halides is 2. The van der Waals surface area contributed by atoms with E-state index in [4.69, 9.17) is 11.0 Å². The number of nitrogens with zero attached hydrogens (tertiary/aromatic N) is 2. The predicted molar refractivity (Wildman–Crippen MR) is 41.8 cm³/mol. The van der Waals surface area contributed by atoms with Gasteiger partial charge in [-0.3, -0.25) is 0 Å². The van der Waals surface area contributed by atoms with Crippen molar-refractivity contribution in [2.24, 2.45) is 5.73 Å². The van der Waals surface area contributed by atoms with Gasteiger partial charge < -0.3 is 5.73 Å². The largest absolute Gasteiger partial charge is 0.326 e. The van der Waals surface area contributed by atoms with Crippen LogP contribution in [0.1, 0.15) is 23.2 Å². The second kappa shape index (κ2) is 4.07. The van der Waals surface area contributed by atoms with Gasteiger partial charge in [0.05, 0.1) is 11.6 Å². The van der Waals surface area contributed by atoms with Crippen LogP contribution in [-0.4, -0.2) is 4.98 Å². The van der Waals surface area contributed by atoms with Gasteiger partial charge in [0.15, 0.2) is 0 Å². The molecule has 3 nitrogen and oxygen atoms in total. The molecule has 1 aromatic heterocycles. The van der Waals surface area contributed by atoms with Gasteiger partial charge in [0.2, 0.25) is 5.95 Å². The number of hydrogen-bond acceptors (Lipinski definition) is 3. The molecule has 2 N–H and O–H groups in total. The predicted octanol–water partition coefficient (Wildman–Crippen LogP) is 1.49. The summed E-state index contributed by atoms with van der Waals surface area (Å²) in [6.45, 7) is -0.268. The Kier molecular flexibility index (Phi) is 3.04. The Morgan fingerprint density at radius 3 is 2.64 bits per heavy atom. The number of hydrogen-bond donors (Lipinski definition) is 1. The minimum atomic E-state index is -2.93. The Morgan fingerprint density at radius 2 is 2.21 bits per heavy atom. The summed E-state index contributed by atoms with van der Waals surface area (Å²) in [7, 11) is 0. The van der Waals surface area contributed by atoms with Gasteiger partial charge in [0, 0.05) is 18.2 Å². The van der Waals surface area contributed by atoms with E-state index in [2.05, 4.69) is 4.98 Å². The van der Waals surface area contributed by atoms with Crippen LogP contribution in [0.2, 0.25) is 0 Å². The van der Waals surface area contributed by atoms with E-state index in [1.54, 1.807) is 6.07 Å². The lowest BCUT2D eigenvalue weighted by Gasteiger charge is -2.07. The quantitative estimate of drug-likeness (QED) is 0.737. The number of nitriles is 1. The Morgan fingerprint density at radius 1 is 1.57 bits per heavy atom. The molecular formula is C8H6F3N3. The topological polar surface area (TPSA) is 62.7 Å². The molecule has 0 aliphatic carbocycles. The standard InChI is InChI=1S/C8H6F3N3/c9-6-1-4(2-12)5(3-13)7(14-6)8(10)11/h1,8H,3,13H2. The molecule has 14 heavy (non-hydrogen) atoms. The van der Waals surface area contributed by atoms with Crippen molar-refractivity contribution in [3.8, 4) is 6.07 Å². The van der Waals surface area contributed by atoms with Crippen molar-refractivity contribution >= 4 is 0 Å². The average Bonchev–Trinajstić information content (AvgIpc) is 2.16. The molecule has 74 valence electrons. The molecule has 0 spiro atoms. The van der Waals surface area contributed by atoms with Crippen molar-refractivity contribution < 1.29 is 13.2 Å². The molecule has 0 aliphatic heterocycles. The van der Waals surface area contributed by atoms with Gasteiger partial charge in [0.1, 0.15) is 5.69 Å². The molecular weight excluding hydrogens is 195 g/mol. The third-order valence-electron chi connectivity index (χ3n) is 1.66. The summed E-state index contributed by atoms with van der Waals surface area (Å²) < 4.78 is 37.3. The first-order valence-corrected chi connectivity index (χ1v) is 3.67. The van der Waals surface area contributed by atoms with Crippen LogP contribution in [0.5, 0.6) is 0 Å². The fourth-order valence-corrected chi connectivity index (χ4v) is 1.05. The van der Waals surface area contributed by atoms with Crippen LogP contribution in [0, 0.1) is 17.3 Å². The fraction of sp³-hybridized carbons (Fsp3) is 0.250. The average molecular weight is 201 g/mol. The van der Waals surface area contributed by atoms with E-state index >= 15 is 0 Å². The van der Waals surface area contributed by atoms with Crippen molar-refractivity contribution in [1.29, 1.82) is 5.26 Å². The number of nitrogens with two attached hydrogens (primary N) is 1. The van der Waals surface area contributed by atoms with Crippen molar-refractivity contribution in [1.82, 2.24) is 4.98 Å². The van der Waals surface area contributed by atoms with Crippen molar-refractivity contribution in [2.75, 3.05) is 0 Å². The molecule has 0 unspecified atom stereocenters. The second-order valence-electron chi connectivity index (χ2n) is 2.47. The maximum absolute atomic E-state index is 12.7. The van der Waals surface area contributed by atoms with Crippen LogP contribution in [0.25, 0.3) is 0 Å². The van der Waals surface area contributed by atoms with Gasteiger partial charge in [0.25, 0.3) is 6.43 Å². The number of rotatable bonds is 2. The molecule has 6 heteroatoms. The zero-order chi connectivity index (χ0) is 10.7. The van der Waals surface area contributed by atoms with E-state index in [9.17, 15) is 13.2 Å². The minimum Gasteiger partial charge on any atom is -0.326 e. The molecule has 0 aromatic carbocycles. The zero-order valence-electron chi connectivity index (χ0n) is 6.97. The van der Waals surface area contributed by atoms with E-state index < -0.39 is 18.1 Å². The lowest BCUT2D eigenvalue weighted by atomic mass is 10.1. The smallest absolute Gasteiger partial charge is 0.280 e. The summed E-state index contributed by atoms with van der Waals surface area (Å²) in [4.78, 5) is 3.00. The number of aromatic nitrogens is 1. The van der Waals surface area contributed by atoms with Crippen molar-refractivity contribution in [3.63, 3.8) is 0 Å². The molecule has 1 heterocycles. The molecule has 0 amide bonds. The van der Waals surface area contributed by atoms with E-state index in [0.717, 1.165) is 6.07 Å². The van der Waals surface area contributed by atoms with Crippen LogP contribution in [0.15, 0.2) is 6.07 Å². The first kappa shape index (κ1) is 10.5. The van der Waals surface area contributed by atoms with Crippen LogP contribution in [0.4, 0.5) is 13.2 Å². The number of halogens is 3. The highest BCUT2D eigenvalue weighted by atomic mass is 19.3.